The number of ether oxygens (including phenoxy) is 1. The molecule has 4 atom stereocenters. The predicted octanol–water partition coefficient (Wildman–Crippen LogP) is 3.82. The zero-order chi connectivity index (χ0) is 21.3. The molecular formula is C22H28F2O5. The van der Waals surface area contributed by atoms with Crippen LogP contribution in [0.2, 0.25) is 0 Å². The highest BCUT2D eigenvalue weighted by Gasteiger charge is 2.40. The third-order valence-corrected chi connectivity index (χ3v) is 4.99. The fourth-order valence-corrected chi connectivity index (χ4v) is 3.45. The van der Waals surface area contributed by atoms with Crippen molar-refractivity contribution in [2.45, 2.75) is 50.2 Å². The number of carboxylic acid groups (broad SMARTS) is 1. The Morgan fingerprint density at radius 3 is 2.59 bits per heavy atom. The first-order valence-electron chi connectivity index (χ1n) is 9.76. The highest BCUT2D eigenvalue weighted by Crippen LogP contribution is 2.37. The van der Waals surface area contributed by atoms with Gasteiger partial charge < -0.3 is 20.1 Å². The summed E-state index contributed by atoms with van der Waals surface area (Å²) >= 11 is 0. The maximum absolute atomic E-state index is 14.2. The molecule has 2 rings (SSSR count). The number of para-hydroxylation sites is 1. The topological polar surface area (TPSA) is 87.0 Å². The van der Waals surface area contributed by atoms with Gasteiger partial charge in [-0.2, -0.15) is 8.78 Å². The quantitative estimate of drug-likeness (QED) is 0.381. The Bertz CT molecular complexity index is 690. The number of halogens is 2. The lowest BCUT2D eigenvalue weighted by atomic mass is 9.89. The van der Waals surface area contributed by atoms with Crippen LogP contribution >= 0.6 is 0 Å². The first kappa shape index (κ1) is 23.0. The van der Waals surface area contributed by atoms with Crippen molar-refractivity contribution in [3.05, 3.63) is 54.6 Å². The van der Waals surface area contributed by atoms with Gasteiger partial charge in [-0.25, -0.2) is 0 Å². The average Bonchev–Trinajstić information content (AvgIpc) is 2.94. The van der Waals surface area contributed by atoms with Gasteiger partial charge in [0.1, 0.15) is 5.75 Å². The maximum Gasteiger partial charge on any atom is 0.303 e. The summed E-state index contributed by atoms with van der Waals surface area (Å²) in [6, 6.07) is 8.34. The molecule has 0 heterocycles. The number of benzene rings is 1. The van der Waals surface area contributed by atoms with Crippen molar-refractivity contribution in [2.24, 2.45) is 11.8 Å². The summed E-state index contributed by atoms with van der Waals surface area (Å²) in [6.45, 7) is -0.812. The summed E-state index contributed by atoms with van der Waals surface area (Å²) in [5.41, 5.74) is 0. The lowest BCUT2D eigenvalue weighted by Crippen LogP contribution is -2.25. The number of alkyl halides is 2. The number of aliphatic hydroxyl groups excluding tert-OH is 2. The number of allylic oxidation sites excluding steroid dienone is 2. The monoisotopic (exact) mass is 410 g/mol. The molecule has 1 fully saturated rings. The Hall–Kier alpha value is -2.25. The Labute approximate surface area is 169 Å². The molecule has 0 saturated heterocycles. The molecule has 160 valence electrons. The molecule has 1 aliphatic carbocycles. The number of aliphatic carboxylic acids is 1. The highest BCUT2D eigenvalue weighted by atomic mass is 19.3. The second-order valence-electron chi connectivity index (χ2n) is 7.33. The predicted molar refractivity (Wildman–Crippen MR) is 105 cm³/mol. The van der Waals surface area contributed by atoms with Gasteiger partial charge >= 0.3 is 5.97 Å². The molecule has 1 aromatic rings. The minimum atomic E-state index is -3.21. The van der Waals surface area contributed by atoms with Gasteiger partial charge in [-0.3, -0.25) is 4.79 Å². The lowest BCUT2D eigenvalue weighted by molar-refractivity contribution is -0.137. The fourth-order valence-electron chi connectivity index (χ4n) is 3.45. The van der Waals surface area contributed by atoms with E-state index in [0.29, 0.717) is 25.0 Å². The first-order chi connectivity index (χ1) is 13.8. The Morgan fingerprint density at radius 1 is 1.17 bits per heavy atom. The summed E-state index contributed by atoms with van der Waals surface area (Å²) < 4.78 is 33.4. The number of carbonyl (C=O) groups is 1. The smallest absolute Gasteiger partial charge is 0.303 e. The normalized spacial score (nSPS) is 25.1. The van der Waals surface area contributed by atoms with Gasteiger partial charge in [-0.05, 0) is 43.4 Å². The van der Waals surface area contributed by atoms with Crippen LogP contribution in [0, 0.1) is 11.8 Å². The van der Waals surface area contributed by atoms with Crippen LogP contribution in [-0.2, 0) is 4.79 Å². The van der Waals surface area contributed by atoms with Crippen LogP contribution in [-0.4, -0.2) is 46.0 Å². The van der Waals surface area contributed by atoms with Crippen molar-refractivity contribution in [1.29, 1.82) is 0 Å². The zero-order valence-corrected chi connectivity index (χ0v) is 16.2. The fraction of sp³-hybridized carbons (Fsp3) is 0.500. The molecule has 1 aromatic carbocycles. The number of rotatable bonds is 11. The summed E-state index contributed by atoms with van der Waals surface area (Å²) in [6.07, 6.45) is 5.73. The summed E-state index contributed by atoms with van der Waals surface area (Å²) in [7, 11) is 0. The third-order valence-electron chi connectivity index (χ3n) is 4.99. The molecule has 0 bridgehead atoms. The molecule has 0 aromatic heterocycles. The van der Waals surface area contributed by atoms with Crippen LogP contribution in [0.1, 0.15) is 32.1 Å². The van der Waals surface area contributed by atoms with Crippen molar-refractivity contribution in [3.8, 4) is 5.75 Å². The van der Waals surface area contributed by atoms with Gasteiger partial charge in [0.2, 0.25) is 0 Å². The van der Waals surface area contributed by atoms with E-state index in [9.17, 15) is 23.8 Å². The average molecular weight is 410 g/mol. The lowest BCUT2D eigenvalue weighted by Gasteiger charge is -2.20. The van der Waals surface area contributed by atoms with E-state index in [1.807, 2.05) is 12.2 Å². The molecule has 5 nitrogen and oxygen atoms in total. The molecule has 3 N–H and O–H groups in total. The van der Waals surface area contributed by atoms with Crippen LogP contribution in [0.3, 0.4) is 0 Å². The molecule has 1 saturated carbocycles. The standard InChI is InChI=1S/C22H28F2O5/c23-22(24,15-29-16-8-4-3-5-9-16)13-12-18-17(19(25)14-20(18)26)10-6-1-2-7-11-21(27)28/h1,3-6,8-9,12-13,17-20,25-26H,2,7,10-11,14-15H2,(H,27,28)/b6-1-,13-12+. The van der Waals surface area contributed by atoms with Crippen molar-refractivity contribution in [3.63, 3.8) is 0 Å². The van der Waals surface area contributed by atoms with Gasteiger partial charge in [0.15, 0.2) is 6.61 Å². The molecule has 1 aliphatic rings. The van der Waals surface area contributed by atoms with E-state index in [1.54, 1.807) is 30.3 Å². The highest BCUT2D eigenvalue weighted by molar-refractivity contribution is 5.66. The number of aliphatic hydroxyl groups is 2. The van der Waals surface area contributed by atoms with Crippen LogP contribution in [0.15, 0.2) is 54.6 Å². The van der Waals surface area contributed by atoms with E-state index in [1.165, 1.54) is 6.08 Å². The molecule has 4 unspecified atom stereocenters. The largest absolute Gasteiger partial charge is 0.487 e. The Balaban J connectivity index is 1.89. The Kier molecular flexibility index (Phi) is 8.79. The molecule has 0 spiro atoms. The van der Waals surface area contributed by atoms with Gasteiger partial charge in [0.25, 0.3) is 5.92 Å². The number of hydrogen-bond acceptors (Lipinski definition) is 4. The molecule has 0 amide bonds. The van der Waals surface area contributed by atoms with E-state index in [-0.39, 0.29) is 18.8 Å². The second-order valence-corrected chi connectivity index (χ2v) is 7.33. The zero-order valence-electron chi connectivity index (χ0n) is 16.2. The van der Waals surface area contributed by atoms with Crippen LogP contribution in [0.25, 0.3) is 0 Å². The minimum absolute atomic E-state index is 0.0839. The van der Waals surface area contributed by atoms with Crippen LogP contribution < -0.4 is 4.74 Å². The van der Waals surface area contributed by atoms with E-state index in [0.717, 1.165) is 6.08 Å². The minimum Gasteiger partial charge on any atom is -0.487 e. The van der Waals surface area contributed by atoms with E-state index >= 15 is 0 Å². The van der Waals surface area contributed by atoms with Gasteiger partial charge in [-0.15, -0.1) is 0 Å². The second kappa shape index (κ2) is 11.1. The van der Waals surface area contributed by atoms with E-state index in [4.69, 9.17) is 9.84 Å². The van der Waals surface area contributed by atoms with Crippen LogP contribution in [0.5, 0.6) is 5.75 Å². The number of unbranched alkanes of at least 4 members (excludes halogenated alkanes) is 1. The maximum atomic E-state index is 14.2. The summed E-state index contributed by atoms with van der Waals surface area (Å²) in [5, 5.41) is 28.9. The summed E-state index contributed by atoms with van der Waals surface area (Å²) in [5.74, 6) is -4.67. The number of carboxylic acids is 1. The third kappa shape index (κ3) is 7.95. The van der Waals surface area contributed by atoms with E-state index in [2.05, 4.69) is 0 Å². The molecular weight excluding hydrogens is 382 g/mol. The van der Waals surface area contributed by atoms with Crippen molar-refractivity contribution in [1.82, 2.24) is 0 Å². The number of hydrogen-bond donors (Lipinski definition) is 3. The summed E-state index contributed by atoms with van der Waals surface area (Å²) in [4.78, 5) is 10.5. The van der Waals surface area contributed by atoms with Gasteiger partial charge in [0, 0.05) is 18.8 Å². The molecule has 29 heavy (non-hydrogen) atoms. The first-order valence-corrected chi connectivity index (χ1v) is 9.76. The molecule has 0 radical (unpaired) electrons. The van der Waals surface area contributed by atoms with Crippen LogP contribution in [0.4, 0.5) is 8.78 Å². The Morgan fingerprint density at radius 2 is 1.90 bits per heavy atom. The SMILES string of the molecule is O=C(O)CCC/C=C\CC1C(O)CC(O)C1/C=C/C(F)(F)COc1ccccc1. The molecule has 0 aliphatic heterocycles. The van der Waals surface area contributed by atoms with Crippen molar-refractivity contribution in [2.75, 3.05) is 6.61 Å². The molecule has 7 heteroatoms. The van der Waals surface area contributed by atoms with Crippen molar-refractivity contribution < 1.29 is 33.6 Å². The van der Waals surface area contributed by atoms with Crippen molar-refractivity contribution >= 4 is 5.97 Å². The van der Waals surface area contributed by atoms with Gasteiger partial charge in [0.05, 0.1) is 12.2 Å². The van der Waals surface area contributed by atoms with Gasteiger partial charge in [-0.1, -0.05) is 36.4 Å². The van der Waals surface area contributed by atoms with E-state index < -0.39 is 36.6 Å².